The number of hydrogen-bond acceptors (Lipinski definition) is 16. The molecule has 0 aromatic heterocycles. The van der Waals surface area contributed by atoms with Crippen LogP contribution in [0.1, 0.15) is 104 Å². The van der Waals surface area contributed by atoms with Crippen LogP contribution in [0.25, 0.3) is 0 Å². The molecule has 0 aromatic rings. The minimum absolute atomic E-state index is 0. The van der Waals surface area contributed by atoms with E-state index in [1.807, 2.05) is 0 Å². The molecule has 4 atom stereocenters. The molecule has 0 saturated heterocycles. The molecule has 0 aromatic carbocycles. The zero-order valence-electron chi connectivity index (χ0n) is 36.2. The second kappa shape index (κ2) is 21.0. The Morgan fingerprint density at radius 3 is 1.21 bits per heavy atom. The van der Waals surface area contributed by atoms with Crippen LogP contribution in [-0.2, 0) is 63.2 Å². The van der Waals surface area contributed by atoms with Gasteiger partial charge in [-0.25, -0.2) is 21.6 Å². The van der Waals surface area contributed by atoms with Gasteiger partial charge < -0.3 is 33.2 Å². The van der Waals surface area contributed by atoms with Crippen molar-refractivity contribution in [1.82, 2.24) is 0 Å². The Balaban J connectivity index is 0.000000375. The van der Waals surface area contributed by atoms with Gasteiger partial charge in [0, 0.05) is 20.3 Å². The molecule has 8 bridgehead atoms. The molecule has 0 heterocycles. The first-order valence-corrected chi connectivity index (χ1v) is 22.4. The number of alkyl halides is 11. The Morgan fingerprint density at radius 2 is 0.925 bits per heavy atom. The summed E-state index contributed by atoms with van der Waals surface area (Å²) in [6.45, 7) is -0.347. The smallest absolute Gasteiger partial charge is 0.743 e. The molecule has 31 heteroatoms. The summed E-state index contributed by atoms with van der Waals surface area (Å²) in [7, 11) is -13.2. The third-order valence-corrected chi connectivity index (χ3v) is 14.4. The SMILES string of the molecule is CC(=O)OC(=O)C(F)(F)F.CC(=O)OC12CC3CC(C1)CC(C(=O)OCCC(F)(F)C(F)(F)S(=O)(=O)[O-])(C3)C2.O=C(OCCC(F)(F)C(F)(F)S(=O)(=O)[O-])C12CC3CC(CC(O)(C3)C1)C2.[Na+].[Na+]. The van der Waals surface area contributed by atoms with Crippen molar-refractivity contribution in [3.8, 4) is 0 Å². The van der Waals surface area contributed by atoms with Gasteiger partial charge in [0.15, 0.2) is 20.2 Å². The fourth-order valence-corrected chi connectivity index (χ4v) is 11.9. The van der Waals surface area contributed by atoms with Gasteiger partial charge in [-0.3, -0.25) is 19.2 Å². The van der Waals surface area contributed by atoms with Crippen LogP contribution in [0.5, 0.6) is 0 Å². The third kappa shape index (κ3) is 13.7. The van der Waals surface area contributed by atoms with Gasteiger partial charge in [-0.05, 0) is 94.3 Å². The van der Waals surface area contributed by atoms with Gasteiger partial charge in [0.1, 0.15) is 5.60 Å². The van der Waals surface area contributed by atoms with E-state index < -0.39 is 127 Å². The number of esters is 5. The Bertz CT molecular complexity index is 2080. The second-order valence-electron chi connectivity index (χ2n) is 18.0. The van der Waals surface area contributed by atoms with Gasteiger partial charge in [-0.1, -0.05) is 0 Å². The number of rotatable bonds is 13. The number of carbonyl (C=O) groups is 5. The second-order valence-corrected chi connectivity index (χ2v) is 20.8. The molecule has 1 N–H and O–H groups in total. The van der Waals surface area contributed by atoms with Gasteiger partial charge in [0.05, 0.1) is 42.5 Å². The van der Waals surface area contributed by atoms with Gasteiger partial charge >= 0.3 is 117 Å². The van der Waals surface area contributed by atoms with Crippen LogP contribution < -0.4 is 59.1 Å². The molecule has 8 saturated carbocycles. The van der Waals surface area contributed by atoms with Gasteiger partial charge in [0.2, 0.25) is 0 Å². The molecule has 16 nitrogen and oxygen atoms in total. The molecule has 0 radical (unpaired) electrons. The Labute approximate surface area is 419 Å². The van der Waals surface area contributed by atoms with Crippen molar-refractivity contribution in [1.29, 1.82) is 0 Å². The molecule has 67 heavy (non-hydrogen) atoms. The molecule has 0 spiro atoms. The third-order valence-electron chi connectivity index (χ3n) is 12.5. The fraction of sp³-hybridized carbons (Fsp3) is 0.861. The van der Waals surface area contributed by atoms with Crippen LogP contribution >= 0.6 is 0 Å². The van der Waals surface area contributed by atoms with E-state index in [0.717, 1.165) is 12.8 Å². The summed E-state index contributed by atoms with van der Waals surface area (Å²) >= 11 is 0. The quantitative estimate of drug-likeness (QED) is 0.0596. The first-order chi connectivity index (χ1) is 29.2. The maximum atomic E-state index is 13.5. The van der Waals surface area contributed by atoms with Crippen LogP contribution in [0.3, 0.4) is 0 Å². The summed E-state index contributed by atoms with van der Waals surface area (Å²) < 4.78 is 221. The molecule has 374 valence electrons. The largest absolute Gasteiger partial charge is 1.00 e. The summed E-state index contributed by atoms with van der Waals surface area (Å²) in [4.78, 5) is 56.1. The van der Waals surface area contributed by atoms with E-state index in [9.17, 15) is 103 Å². The van der Waals surface area contributed by atoms with E-state index in [1.165, 1.54) is 6.92 Å². The standard InChI is InChI=1S/C17H22F4O7S.C15H20F4O6S.C4H3F3O3.2Na/c1-10(22)28-15-7-11-4-12(8-15)6-14(5-11,9-15)13(23)27-3-2-16(18,19)17(20,21)29(24,25)26;16-14(17,15(18,19)26(22,23)24)1-2-25-11(20)12-4-9-3-10(5-12)7-13(21,6-9)8-12;1-2(8)10-3(9)4(5,6)7;;/h11-12H,2-9H2,1H3,(H,24,25,26);9-10,21H,1-8H2,(H,22,23,24);1H3;;/q;;;2*+1/p-2. The van der Waals surface area contributed by atoms with Crippen molar-refractivity contribution in [2.45, 2.75) is 143 Å². The fourth-order valence-electron chi connectivity index (χ4n) is 11.0. The number of hydrogen-bond donors (Lipinski definition) is 1. The normalized spacial score (nSPS) is 30.7. The summed E-state index contributed by atoms with van der Waals surface area (Å²) in [5.41, 5.74) is -3.87. The predicted octanol–water partition coefficient (Wildman–Crippen LogP) is -0.734. The van der Waals surface area contributed by atoms with Gasteiger partial charge in [-0.15, -0.1) is 0 Å². The predicted molar refractivity (Wildman–Crippen MR) is 187 cm³/mol. The van der Waals surface area contributed by atoms with E-state index in [4.69, 9.17) is 14.2 Å². The van der Waals surface area contributed by atoms with Crippen LogP contribution in [-0.4, -0.2) is 114 Å². The Hall–Kier alpha value is -1.44. The summed E-state index contributed by atoms with van der Waals surface area (Å²) in [5.74, 6) is -15.8. The van der Waals surface area contributed by atoms with E-state index in [-0.39, 0.29) is 95.6 Å². The van der Waals surface area contributed by atoms with Crippen LogP contribution in [0, 0.1) is 34.5 Å². The molecule has 0 amide bonds. The molecule has 8 aliphatic rings. The van der Waals surface area contributed by atoms with Crippen molar-refractivity contribution in [2.75, 3.05) is 13.2 Å². The van der Waals surface area contributed by atoms with Crippen molar-refractivity contribution in [3.63, 3.8) is 0 Å². The average Bonchev–Trinajstić information content (AvgIpc) is 3.08. The average molecular weight is 1050 g/mol. The van der Waals surface area contributed by atoms with Crippen molar-refractivity contribution in [2.24, 2.45) is 34.5 Å². The van der Waals surface area contributed by atoms with Gasteiger partial charge in [0.25, 0.3) is 0 Å². The topological polar surface area (TPSA) is 257 Å². The zero-order chi connectivity index (χ0) is 49.8. The van der Waals surface area contributed by atoms with Crippen molar-refractivity contribution < 1.29 is 181 Å². The minimum Gasteiger partial charge on any atom is -0.743 e. The van der Waals surface area contributed by atoms with E-state index in [0.29, 0.717) is 58.3 Å². The first kappa shape index (κ1) is 61.7. The van der Waals surface area contributed by atoms with E-state index in [1.54, 1.807) is 0 Å². The maximum Gasteiger partial charge on any atom is 1.00 e. The van der Waals surface area contributed by atoms with Crippen molar-refractivity contribution in [3.05, 3.63) is 0 Å². The molecular weight excluding hydrogens is 1010 g/mol. The summed E-state index contributed by atoms with van der Waals surface area (Å²) in [6, 6.07) is 0. The zero-order valence-corrected chi connectivity index (χ0v) is 41.8. The summed E-state index contributed by atoms with van der Waals surface area (Å²) in [6.07, 6.45) is -2.55. The van der Waals surface area contributed by atoms with Crippen molar-refractivity contribution >= 4 is 50.1 Å². The van der Waals surface area contributed by atoms with Crippen LogP contribution in [0.15, 0.2) is 0 Å². The number of aliphatic hydroxyl groups is 1. The molecule has 0 aliphatic heterocycles. The number of ether oxygens (including phenoxy) is 4. The molecule has 8 rings (SSSR count). The minimum atomic E-state index is -6.59. The Morgan fingerprint density at radius 1 is 0.582 bits per heavy atom. The molecule has 4 unspecified atom stereocenters. The van der Waals surface area contributed by atoms with Crippen LogP contribution in [0.2, 0.25) is 0 Å². The van der Waals surface area contributed by atoms with Crippen LogP contribution in [0.4, 0.5) is 48.3 Å². The first-order valence-electron chi connectivity index (χ1n) is 19.6. The van der Waals surface area contributed by atoms with E-state index in [2.05, 4.69) is 4.74 Å². The summed E-state index contributed by atoms with van der Waals surface area (Å²) in [5, 5.41) is -1.06. The van der Waals surface area contributed by atoms with E-state index >= 15 is 0 Å². The monoisotopic (exact) mass is 1050 g/mol. The number of halogens is 11. The number of carbonyl (C=O) groups excluding carboxylic acids is 5. The maximum absolute atomic E-state index is 13.5. The Kier molecular flexibility index (Phi) is 19.3. The molecule has 8 aliphatic carbocycles. The molecule has 8 fully saturated rings. The van der Waals surface area contributed by atoms with Gasteiger partial charge in [-0.2, -0.15) is 48.3 Å². The molecular formula is C36H43F11Na2O16S2.